The van der Waals surface area contributed by atoms with Crippen LogP contribution in [0, 0.1) is 87.3 Å². The van der Waals surface area contributed by atoms with Crippen LogP contribution < -0.4 is 0 Å². The second-order valence-corrected chi connectivity index (χ2v) is 33.2. The van der Waals surface area contributed by atoms with E-state index in [0.717, 1.165) is 88.2 Å². The van der Waals surface area contributed by atoms with Gasteiger partial charge in [0.2, 0.25) is 0 Å². The third-order valence-electron chi connectivity index (χ3n) is 22.5. The van der Waals surface area contributed by atoms with Gasteiger partial charge in [-0.3, -0.25) is 9.59 Å². The van der Waals surface area contributed by atoms with Crippen molar-refractivity contribution in [3.63, 3.8) is 0 Å². The number of esters is 6. The number of nitrogens with zero attached hydrogens (tertiary/aromatic N) is 2. The van der Waals surface area contributed by atoms with E-state index >= 15 is 0 Å². The summed E-state index contributed by atoms with van der Waals surface area (Å²) in [6.07, 6.45) is 9.71. The lowest BCUT2D eigenvalue weighted by molar-refractivity contribution is -0.177. The Hall–Kier alpha value is -5.96. The first-order valence-electron chi connectivity index (χ1n) is 38.0. The van der Waals surface area contributed by atoms with Gasteiger partial charge in [-0.2, -0.15) is 0 Å². The van der Waals surface area contributed by atoms with Crippen LogP contribution in [0.2, 0.25) is 0 Å². The van der Waals surface area contributed by atoms with E-state index in [2.05, 4.69) is 83.1 Å². The van der Waals surface area contributed by atoms with Crippen molar-refractivity contribution in [2.75, 3.05) is 66.1 Å². The van der Waals surface area contributed by atoms with Gasteiger partial charge in [-0.15, -0.1) is 0 Å². The Bertz CT molecular complexity index is 2750. The lowest BCUT2D eigenvalue weighted by Gasteiger charge is -2.37. The number of benzene rings is 2. The van der Waals surface area contributed by atoms with Crippen molar-refractivity contribution in [2.45, 2.75) is 237 Å². The Kier molecular flexibility index (Phi) is 29.7. The molecule has 2 heterocycles. The largest absolute Gasteiger partial charge is 0.470 e. The quantitative estimate of drug-likeness (QED) is 0.0467. The van der Waals surface area contributed by atoms with Gasteiger partial charge >= 0.3 is 35.8 Å². The fourth-order valence-electron chi connectivity index (χ4n) is 15.8. The number of carbonyl (C=O) groups excluding carboxylic acids is 6. The van der Waals surface area contributed by atoms with Gasteiger partial charge < -0.3 is 56.8 Å². The summed E-state index contributed by atoms with van der Waals surface area (Å²) in [5.41, 5.74) is -3.06. The minimum absolute atomic E-state index is 0.117. The van der Waals surface area contributed by atoms with E-state index in [4.69, 9.17) is 66.8 Å². The van der Waals surface area contributed by atoms with Crippen molar-refractivity contribution in [3.05, 3.63) is 71.8 Å². The summed E-state index contributed by atoms with van der Waals surface area (Å²) in [6, 6.07) is 17.2. The Morgan fingerprint density at radius 2 is 0.653 bits per heavy atom. The number of aliphatic imine (C=N–C) groups is 2. The summed E-state index contributed by atoms with van der Waals surface area (Å²) in [7, 11) is 0. The molecule has 8 rings (SSSR count). The fraction of sp³-hybridized carbons (Fsp3) is 0.753. The van der Waals surface area contributed by atoms with E-state index in [-0.39, 0.29) is 75.9 Å². The van der Waals surface area contributed by atoms with Gasteiger partial charge in [0.05, 0.1) is 24.4 Å². The summed E-state index contributed by atoms with van der Waals surface area (Å²) < 4.78 is 74.3. The molecule has 0 unspecified atom stereocenters. The molecule has 0 N–H and O–H groups in total. The highest BCUT2D eigenvalue weighted by Crippen LogP contribution is 2.43. The summed E-state index contributed by atoms with van der Waals surface area (Å²) in [5.74, 6) is 0.655. The van der Waals surface area contributed by atoms with Crippen LogP contribution in [0.3, 0.4) is 0 Å². The number of ether oxygens (including phenoxy) is 12. The molecule has 0 spiro atoms. The molecule has 2 aromatic rings. The highest BCUT2D eigenvalue weighted by Gasteiger charge is 2.50. The second-order valence-electron chi connectivity index (χ2n) is 33.2. The Morgan fingerprint density at radius 1 is 0.396 bits per heavy atom. The first kappa shape index (κ1) is 80.7. The molecule has 4 fully saturated rings. The Balaban J connectivity index is 0.987. The Labute approximate surface area is 602 Å². The molecule has 2 aromatic carbocycles. The lowest BCUT2D eigenvalue weighted by atomic mass is 9.75. The van der Waals surface area contributed by atoms with Crippen molar-refractivity contribution in [2.24, 2.45) is 97.2 Å². The fourth-order valence-corrected chi connectivity index (χ4v) is 15.8. The van der Waals surface area contributed by atoms with E-state index in [1.165, 1.54) is 13.8 Å². The molecule has 6 aliphatic rings. The SMILES string of the molecule is CC(C)[C@@H]1CC[C@@H](C)C[C@H]1OCC(=O)OCC(C)(COC(=O)CO[C@@H]1C[C@H](C)CC[C@H]1C(C)C)C(=O)OC[C@@H]1N=C(C(C)(C)C2=N[C@@H](COC(=O)C(C)(COC(=O)CO[C@@H]3C[C@H](C)CC[C@H]3C(C)C)COC(=O)CO[C@@H]3C[C@H](C)CC[C@H]3C(C)C)[C@@H](c3ccccc3)O2)O[C@@H]1c1ccccc1. The lowest BCUT2D eigenvalue weighted by Crippen LogP contribution is -2.42. The smallest absolute Gasteiger partial charge is 0.332 e. The predicted octanol–water partition coefficient (Wildman–Crippen LogP) is 14.3. The van der Waals surface area contributed by atoms with E-state index in [1.807, 2.05) is 74.5 Å². The molecular weight excluding hydrogens is 1290 g/mol. The molecule has 0 radical (unpaired) electrons. The highest BCUT2D eigenvalue weighted by atomic mass is 16.6. The number of hydrogen-bond acceptors (Lipinski definition) is 20. The van der Waals surface area contributed by atoms with Crippen LogP contribution >= 0.6 is 0 Å². The van der Waals surface area contributed by atoms with Gasteiger partial charge in [-0.05, 0) is 161 Å². The first-order chi connectivity index (χ1) is 47.9. The maximum atomic E-state index is 14.8. The molecule has 0 aromatic heterocycles. The number of hydrogen-bond donors (Lipinski definition) is 0. The third-order valence-corrected chi connectivity index (χ3v) is 22.5. The van der Waals surface area contributed by atoms with Crippen LogP contribution in [0.5, 0.6) is 0 Å². The van der Waals surface area contributed by atoms with Crippen molar-refractivity contribution in [1.29, 1.82) is 0 Å². The summed E-state index contributed by atoms with van der Waals surface area (Å²) >= 11 is 0. The molecule has 0 amide bonds. The average Bonchev–Trinajstić information content (AvgIpc) is 1.62. The predicted molar refractivity (Wildman–Crippen MR) is 383 cm³/mol. The standard InChI is InChI=1S/C81H122N2O18/c1-49(2)59-31-27-53(9)35-65(59)90-41-69(84)96-45-80(15,46-97-70(85)42-91-66-36-54(10)28-32-60(66)50(3)4)77(88)94-39-63-73(57-23-19-17-20-24-57)100-75(82-63)79(13,14)76-83-64(74(101-76)58-25-21-18-22-26-58)40-95-78(89)81(16,47-98-71(86)43-92-67-37-55(11)29-33-61(67)51(5)6)48-99-72(87)44-93-68-38-56(12)30-34-62(68)52(7)8/h17-26,49-56,59-68,73-74H,27-48H2,1-16H3/t53-,54-,55-,56-,59+,60+,61+,62+,63+,64+,65-,66-,67-,68-,73-,74-/m1/s1. The first-order valence-corrected chi connectivity index (χ1v) is 38.0. The number of carbonyl (C=O) groups is 6. The van der Waals surface area contributed by atoms with Gasteiger partial charge in [0.1, 0.15) is 94.4 Å². The zero-order valence-corrected chi connectivity index (χ0v) is 63.6. The summed E-state index contributed by atoms with van der Waals surface area (Å²) in [6.45, 7) is 29.1. The monoisotopic (exact) mass is 1410 g/mol. The summed E-state index contributed by atoms with van der Waals surface area (Å²) in [5, 5.41) is 0. The van der Waals surface area contributed by atoms with E-state index < -0.39 is 103 Å². The molecule has 0 bridgehead atoms. The van der Waals surface area contributed by atoms with Crippen LogP contribution in [0.4, 0.5) is 0 Å². The van der Waals surface area contributed by atoms with Crippen molar-refractivity contribution < 1.29 is 85.6 Å². The van der Waals surface area contributed by atoms with Crippen molar-refractivity contribution in [1.82, 2.24) is 0 Å². The minimum Gasteiger partial charge on any atom is -0.470 e. The van der Waals surface area contributed by atoms with E-state index in [0.29, 0.717) is 71.0 Å². The van der Waals surface area contributed by atoms with Gasteiger partial charge in [-0.1, -0.05) is 169 Å². The number of rotatable bonds is 34. The minimum atomic E-state index is -1.68. The van der Waals surface area contributed by atoms with Gasteiger partial charge in [0, 0.05) is 0 Å². The maximum absolute atomic E-state index is 14.8. The average molecular weight is 1410 g/mol. The second kappa shape index (κ2) is 37.1. The molecule has 4 saturated carbocycles. The molecule has 564 valence electrons. The van der Waals surface area contributed by atoms with Crippen LogP contribution in [-0.4, -0.2) is 150 Å². The van der Waals surface area contributed by atoms with Crippen LogP contribution in [0.15, 0.2) is 70.6 Å². The molecule has 101 heavy (non-hydrogen) atoms. The molecule has 2 aliphatic heterocycles. The molecule has 0 saturated heterocycles. The van der Waals surface area contributed by atoms with E-state index in [9.17, 15) is 28.8 Å². The zero-order chi connectivity index (χ0) is 73.3. The molecular formula is C81H122N2O18. The third kappa shape index (κ3) is 22.5. The van der Waals surface area contributed by atoms with Gasteiger partial charge in [0.25, 0.3) is 0 Å². The summed E-state index contributed by atoms with van der Waals surface area (Å²) in [4.78, 5) is 94.1. The van der Waals surface area contributed by atoms with Gasteiger partial charge in [0.15, 0.2) is 24.0 Å². The van der Waals surface area contributed by atoms with Crippen LogP contribution in [0.1, 0.15) is 211 Å². The molecule has 20 heteroatoms. The zero-order valence-electron chi connectivity index (χ0n) is 63.6. The molecule has 20 nitrogen and oxygen atoms in total. The molecule has 16 atom stereocenters. The molecule has 4 aliphatic carbocycles. The van der Waals surface area contributed by atoms with E-state index in [1.54, 1.807) is 0 Å². The topological polar surface area (TPSA) is 238 Å². The van der Waals surface area contributed by atoms with Gasteiger partial charge in [-0.25, -0.2) is 29.2 Å². The Morgan fingerprint density at radius 3 is 0.901 bits per heavy atom. The van der Waals surface area contributed by atoms with Crippen LogP contribution in [0.25, 0.3) is 0 Å². The highest BCUT2D eigenvalue weighted by molar-refractivity contribution is 6.05. The maximum Gasteiger partial charge on any atom is 0.332 e. The van der Waals surface area contributed by atoms with Crippen molar-refractivity contribution in [3.8, 4) is 0 Å². The van der Waals surface area contributed by atoms with Crippen LogP contribution in [-0.2, 0) is 85.6 Å². The normalized spacial score (nSPS) is 28.8. The van der Waals surface area contributed by atoms with Crippen molar-refractivity contribution >= 4 is 47.6 Å².